The third kappa shape index (κ3) is 2.68. The highest BCUT2D eigenvalue weighted by Gasteiger charge is 2.16. The predicted molar refractivity (Wildman–Crippen MR) is 67.2 cm³/mol. The minimum absolute atomic E-state index is 0.469. The van der Waals surface area contributed by atoms with Crippen molar-refractivity contribution in [2.75, 3.05) is 20.3 Å². The number of ether oxygens (including phenoxy) is 2. The smallest absolute Gasteiger partial charge is 0.175 e. The Bertz CT molecular complexity index is 351. The zero-order valence-corrected chi connectivity index (χ0v) is 10.9. The number of methoxy groups -OCH3 is 1. The zero-order valence-electron chi connectivity index (χ0n) is 9.33. The topological polar surface area (TPSA) is 30.5 Å². The van der Waals surface area contributed by atoms with Gasteiger partial charge >= 0.3 is 0 Å². The summed E-state index contributed by atoms with van der Waals surface area (Å²) in [5, 5.41) is 3.40. The van der Waals surface area contributed by atoms with E-state index in [2.05, 4.69) is 21.2 Å². The number of nitrogens with one attached hydrogen (secondary N) is 1. The highest BCUT2D eigenvalue weighted by molar-refractivity contribution is 9.10. The summed E-state index contributed by atoms with van der Waals surface area (Å²) in [6.07, 6.45) is 2.42. The molecular formula is C12H16BrNO2. The zero-order chi connectivity index (χ0) is 11.4. The van der Waals surface area contributed by atoms with E-state index in [1.807, 2.05) is 18.2 Å². The maximum Gasteiger partial charge on any atom is 0.175 e. The van der Waals surface area contributed by atoms with E-state index in [9.17, 15) is 0 Å². The van der Waals surface area contributed by atoms with E-state index in [4.69, 9.17) is 9.47 Å². The number of hydrogen-bond donors (Lipinski definition) is 1. The van der Waals surface area contributed by atoms with Crippen LogP contribution in [-0.4, -0.2) is 26.3 Å². The van der Waals surface area contributed by atoms with Crippen molar-refractivity contribution in [3.8, 4) is 11.5 Å². The van der Waals surface area contributed by atoms with Crippen molar-refractivity contribution in [2.45, 2.75) is 18.9 Å². The van der Waals surface area contributed by atoms with Crippen molar-refractivity contribution in [3.63, 3.8) is 0 Å². The van der Waals surface area contributed by atoms with Gasteiger partial charge in [0.2, 0.25) is 0 Å². The molecule has 1 aliphatic heterocycles. The Balaban J connectivity index is 2.01. The lowest BCUT2D eigenvalue weighted by Gasteiger charge is -2.15. The van der Waals surface area contributed by atoms with Crippen molar-refractivity contribution in [1.82, 2.24) is 5.32 Å². The molecule has 1 atom stereocenters. The minimum atomic E-state index is 0.469. The van der Waals surface area contributed by atoms with Gasteiger partial charge in [0.25, 0.3) is 0 Å². The van der Waals surface area contributed by atoms with Gasteiger partial charge in [0.15, 0.2) is 11.5 Å². The van der Waals surface area contributed by atoms with E-state index in [1.165, 1.54) is 12.8 Å². The molecule has 0 radical (unpaired) electrons. The van der Waals surface area contributed by atoms with Crippen LogP contribution in [0.4, 0.5) is 0 Å². The fourth-order valence-corrected chi connectivity index (χ4v) is 2.34. The lowest BCUT2D eigenvalue weighted by molar-refractivity contribution is 0.261. The van der Waals surface area contributed by atoms with Gasteiger partial charge in [-0.25, -0.2) is 0 Å². The maximum atomic E-state index is 5.81. The van der Waals surface area contributed by atoms with Crippen LogP contribution in [0, 0.1) is 0 Å². The summed E-state index contributed by atoms with van der Waals surface area (Å²) >= 11 is 3.47. The van der Waals surface area contributed by atoms with E-state index in [0.29, 0.717) is 12.6 Å². The fraction of sp³-hybridized carbons (Fsp3) is 0.500. The Morgan fingerprint density at radius 2 is 2.38 bits per heavy atom. The van der Waals surface area contributed by atoms with E-state index in [1.54, 1.807) is 7.11 Å². The summed E-state index contributed by atoms with van der Waals surface area (Å²) in [5.41, 5.74) is 0. The molecule has 1 saturated heterocycles. The standard InChI is InChI=1S/C12H16BrNO2/c1-15-11-6-2-5-10(13)12(11)16-8-9-4-3-7-14-9/h2,5-6,9,14H,3-4,7-8H2,1H3. The highest BCUT2D eigenvalue weighted by atomic mass is 79.9. The molecule has 1 N–H and O–H groups in total. The molecule has 88 valence electrons. The number of halogens is 1. The predicted octanol–water partition coefficient (Wildman–Crippen LogP) is 2.59. The van der Waals surface area contributed by atoms with Gasteiger partial charge in [-0.2, -0.15) is 0 Å². The number of benzene rings is 1. The average Bonchev–Trinajstić information content (AvgIpc) is 2.80. The van der Waals surface area contributed by atoms with Crippen molar-refractivity contribution in [2.24, 2.45) is 0 Å². The number of hydrogen-bond acceptors (Lipinski definition) is 3. The van der Waals surface area contributed by atoms with E-state index < -0.39 is 0 Å². The van der Waals surface area contributed by atoms with Crippen LogP contribution < -0.4 is 14.8 Å². The number of para-hydroxylation sites is 1. The summed E-state index contributed by atoms with van der Waals surface area (Å²) in [4.78, 5) is 0. The third-order valence-corrected chi connectivity index (χ3v) is 3.37. The van der Waals surface area contributed by atoms with Gasteiger partial charge in [-0.1, -0.05) is 6.07 Å². The largest absolute Gasteiger partial charge is 0.493 e. The second-order valence-electron chi connectivity index (χ2n) is 3.88. The van der Waals surface area contributed by atoms with Gasteiger partial charge in [0.1, 0.15) is 6.61 Å². The molecule has 2 rings (SSSR count). The average molecular weight is 286 g/mol. The summed E-state index contributed by atoms with van der Waals surface area (Å²) in [6, 6.07) is 6.27. The molecule has 1 aromatic carbocycles. The normalized spacial score (nSPS) is 19.8. The van der Waals surface area contributed by atoms with E-state index in [-0.39, 0.29) is 0 Å². The Kier molecular flexibility index (Phi) is 4.07. The van der Waals surface area contributed by atoms with Gasteiger partial charge in [-0.3, -0.25) is 0 Å². The first-order valence-corrected chi connectivity index (χ1v) is 6.29. The van der Waals surface area contributed by atoms with Crippen LogP contribution >= 0.6 is 15.9 Å². The van der Waals surface area contributed by atoms with Crippen molar-refractivity contribution in [1.29, 1.82) is 0 Å². The maximum absolute atomic E-state index is 5.81. The fourth-order valence-electron chi connectivity index (χ4n) is 1.87. The quantitative estimate of drug-likeness (QED) is 0.923. The summed E-state index contributed by atoms with van der Waals surface area (Å²) in [5.74, 6) is 1.56. The third-order valence-electron chi connectivity index (χ3n) is 2.74. The summed E-state index contributed by atoms with van der Waals surface area (Å²) in [6.45, 7) is 1.79. The molecule has 1 aromatic rings. The van der Waals surface area contributed by atoms with Crippen LogP contribution in [-0.2, 0) is 0 Å². The molecule has 1 unspecified atom stereocenters. The molecule has 1 heterocycles. The molecule has 3 nitrogen and oxygen atoms in total. The minimum Gasteiger partial charge on any atom is -0.493 e. The summed E-state index contributed by atoms with van der Waals surface area (Å²) < 4.78 is 12.0. The molecular weight excluding hydrogens is 270 g/mol. The molecule has 0 bridgehead atoms. The first-order valence-electron chi connectivity index (χ1n) is 5.50. The Morgan fingerprint density at radius 3 is 3.06 bits per heavy atom. The molecule has 0 aliphatic carbocycles. The monoisotopic (exact) mass is 285 g/mol. The highest BCUT2D eigenvalue weighted by Crippen LogP contribution is 2.34. The van der Waals surface area contributed by atoms with Gasteiger partial charge in [0, 0.05) is 6.04 Å². The molecule has 4 heteroatoms. The van der Waals surface area contributed by atoms with Crippen molar-refractivity contribution in [3.05, 3.63) is 22.7 Å². The van der Waals surface area contributed by atoms with Crippen LogP contribution in [0.2, 0.25) is 0 Å². The Hall–Kier alpha value is -0.740. The van der Waals surface area contributed by atoms with E-state index in [0.717, 1.165) is 22.5 Å². The lowest BCUT2D eigenvalue weighted by Crippen LogP contribution is -2.28. The van der Waals surface area contributed by atoms with Crippen LogP contribution in [0.1, 0.15) is 12.8 Å². The molecule has 16 heavy (non-hydrogen) atoms. The Morgan fingerprint density at radius 1 is 1.50 bits per heavy atom. The second-order valence-corrected chi connectivity index (χ2v) is 4.73. The van der Waals surface area contributed by atoms with Gasteiger partial charge in [-0.05, 0) is 47.4 Å². The summed E-state index contributed by atoms with van der Waals surface area (Å²) in [7, 11) is 1.66. The van der Waals surface area contributed by atoms with Crippen LogP contribution in [0.25, 0.3) is 0 Å². The van der Waals surface area contributed by atoms with Gasteiger partial charge in [-0.15, -0.1) is 0 Å². The SMILES string of the molecule is COc1cccc(Br)c1OCC1CCCN1. The first kappa shape index (κ1) is 11.7. The van der Waals surface area contributed by atoms with Crippen molar-refractivity contribution >= 4 is 15.9 Å². The van der Waals surface area contributed by atoms with E-state index >= 15 is 0 Å². The van der Waals surface area contributed by atoms with Gasteiger partial charge < -0.3 is 14.8 Å². The molecule has 1 fully saturated rings. The Labute approximate surface area is 104 Å². The van der Waals surface area contributed by atoms with Crippen LogP contribution in [0.5, 0.6) is 11.5 Å². The second kappa shape index (κ2) is 5.55. The molecule has 0 saturated carbocycles. The molecule has 1 aliphatic rings. The lowest BCUT2D eigenvalue weighted by atomic mass is 10.2. The molecule has 0 aromatic heterocycles. The van der Waals surface area contributed by atoms with Crippen LogP contribution in [0.3, 0.4) is 0 Å². The number of rotatable bonds is 4. The molecule has 0 spiro atoms. The van der Waals surface area contributed by atoms with Crippen LogP contribution in [0.15, 0.2) is 22.7 Å². The van der Waals surface area contributed by atoms with Gasteiger partial charge in [0.05, 0.1) is 11.6 Å². The molecule has 0 amide bonds. The van der Waals surface area contributed by atoms with Crippen molar-refractivity contribution < 1.29 is 9.47 Å². The first-order chi connectivity index (χ1) is 7.81.